The van der Waals surface area contributed by atoms with Gasteiger partial charge in [-0.2, -0.15) is 0 Å². The van der Waals surface area contributed by atoms with E-state index in [-0.39, 0.29) is 23.2 Å². The molecular formula is C23H27ClN6O3S. The van der Waals surface area contributed by atoms with Gasteiger partial charge in [0, 0.05) is 24.7 Å². The van der Waals surface area contributed by atoms with Gasteiger partial charge in [-0.1, -0.05) is 18.5 Å². The van der Waals surface area contributed by atoms with Crippen molar-refractivity contribution in [3.05, 3.63) is 52.8 Å². The molecule has 0 aliphatic carbocycles. The number of fused-ring (bicyclic) bond motifs is 1. The van der Waals surface area contributed by atoms with Gasteiger partial charge >= 0.3 is 0 Å². The first-order valence-corrected chi connectivity index (χ1v) is 13.6. The van der Waals surface area contributed by atoms with Crippen LogP contribution in [0.3, 0.4) is 0 Å². The molecule has 4 heterocycles. The maximum Gasteiger partial charge on any atom is 0.256 e. The molecular weight excluding hydrogens is 476 g/mol. The summed E-state index contributed by atoms with van der Waals surface area (Å²) in [5, 5.41) is 5.09. The van der Waals surface area contributed by atoms with Crippen molar-refractivity contribution >= 4 is 44.7 Å². The molecule has 34 heavy (non-hydrogen) atoms. The molecule has 2 saturated heterocycles. The smallest absolute Gasteiger partial charge is 0.256 e. The fraction of sp³-hybridized carbons (Fsp3) is 0.435. The van der Waals surface area contributed by atoms with Crippen LogP contribution in [-0.2, 0) is 10.0 Å². The zero-order valence-electron chi connectivity index (χ0n) is 19.1. The summed E-state index contributed by atoms with van der Waals surface area (Å²) >= 11 is 6.17. The zero-order chi connectivity index (χ0) is 24.0. The van der Waals surface area contributed by atoms with Crippen molar-refractivity contribution in [1.29, 1.82) is 0 Å². The van der Waals surface area contributed by atoms with E-state index >= 15 is 0 Å². The molecule has 2 aromatic heterocycles. The Kier molecular flexibility index (Phi) is 5.89. The average Bonchev–Trinajstić information content (AvgIpc) is 3.20. The molecule has 1 aromatic carbocycles. The van der Waals surface area contributed by atoms with Gasteiger partial charge in [-0.25, -0.2) is 17.9 Å². The molecule has 0 spiro atoms. The van der Waals surface area contributed by atoms with Gasteiger partial charge in [-0.05, 0) is 55.5 Å². The summed E-state index contributed by atoms with van der Waals surface area (Å²) in [4.78, 5) is 22.4. The van der Waals surface area contributed by atoms with Crippen LogP contribution in [0.15, 0.2) is 36.5 Å². The number of anilines is 2. The molecule has 180 valence electrons. The summed E-state index contributed by atoms with van der Waals surface area (Å²) < 4.78 is 27.9. The molecule has 2 aliphatic heterocycles. The summed E-state index contributed by atoms with van der Waals surface area (Å²) in [6.45, 7) is 4.76. The van der Waals surface area contributed by atoms with Crippen molar-refractivity contribution in [3.8, 4) is 0 Å². The second-order valence-corrected chi connectivity index (χ2v) is 11.4. The number of hydrogen-bond acceptors (Lipinski definition) is 6. The van der Waals surface area contributed by atoms with Gasteiger partial charge in [0.25, 0.3) is 5.91 Å². The topological polar surface area (TPSA) is 99.9 Å². The molecule has 0 radical (unpaired) electrons. The Labute approximate surface area is 203 Å². The highest BCUT2D eigenvalue weighted by atomic mass is 35.5. The second-order valence-electron chi connectivity index (χ2n) is 9.24. The quantitative estimate of drug-likeness (QED) is 0.572. The molecule has 2 fully saturated rings. The Morgan fingerprint density at radius 3 is 2.71 bits per heavy atom. The summed E-state index contributed by atoms with van der Waals surface area (Å²) in [6, 6.07) is 8.28. The van der Waals surface area contributed by atoms with Crippen LogP contribution < -0.4 is 9.62 Å². The predicted octanol–water partition coefficient (Wildman–Crippen LogP) is 3.58. The van der Waals surface area contributed by atoms with E-state index in [1.165, 1.54) is 12.1 Å². The van der Waals surface area contributed by atoms with Gasteiger partial charge in [0.15, 0.2) is 5.65 Å². The highest BCUT2D eigenvalue weighted by molar-refractivity contribution is 7.92. The molecule has 1 atom stereocenters. The van der Waals surface area contributed by atoms with Gasteiger partial charge in [0.2, 0.25) is 10.0 Å². The molecule has 1 amide bonds. The Bertz CT molecular complexity index is 1350. The monoisotopic (exact) mass is 502 g/mol. The number of carbonyl (C=O) groups is 1. The van der Waals surface area contributed by atoms with Crippen LogP contribution in [0.4, 0.5) is 11.5 Å². The minimum absolute atomic E-state index is 0.214. The molecule has 3 aromatic rings. The van der Waals surface area contributed by atoms with Crippen LogP contribution >= 0.6 is 11.6 Å². The number of amides is 1. The number of aromatic nitrogens is 3. The largest absolute Gasteiger partial charge is 0.355 e. The normalized spacial score (nSPS) is 19.3. The van der Waals surface area contributed by atoms with Crippen molar-refractivity contribution in [1.82, 2.24) is 19.5 Å². The van der Waals surface area contributed by atoms with E-state index in [1.807, 2.05) is 18.3 Å². The predicted molar refractivity (Wildman–Crippen MR) is 132 cm³/mol. The van der Waals surface area contributed by atoms with Crippen LogP contribution in [0.1, 0.15) is 48.3 Å². The molecule has 9 nitrogen and oxygen atoms in total. The minimum Gasteiger partial charge on any atom is -0.355 e. The van der Waals surface area contributed by atoms with Crippen molar-refractivity contribution < 1.29 is 13.2 Å². The van der Waals surface area contributed by atoms with Crippen molar-refractivity contribution in [3.63, 3.8) is 0 Å². The van der Waals surface area contributed by atoms with E-state index in [2.05, 4.69) is 16.5 Å². The number of rotatable bonds is 5. The maximum absolute atomic E-state index is 13.7. The number of benzene rings is 1. The molecule has 1 N–H and O–H groups in total. The van der Waals surface area contributed by atoms with Gasteiger partial charge in [-0.15, -0.1) is 5.10 Å². The van der Waals surface area contributed by atoms with Crippen LogP contribution in [0.5, 0.6) is 0 Å². The lowest BCUT2D eigenvalue weighted by Crippen LogP contribution is -2.45. The highest BCUT2D eigenvalue weighted by Crippen LogP contribution is 2.34. The third-order valence-electron chi connectivity index (χ3n) is 6.33. The van der Waals surface area contributed by atoms with Crippen molar-refractivity contribution in [2.75, 3.05) is 35.5 Å². The summed E-state index contributed by atoms with van der Waals surface area (Å²) in [5.41, 5.74) is 1.94. The summed E-state index contributed by atoms with van der Waals surface area (Å²) in [5.74, 6) is 1.31. The maximum atomic E-state index is 13.7. The van der Waals surface area contributed by atoms with E-state index in [1.54, 1.807) is 15.5 Å². The third-order valence-corrected chi connectivity index (χ3v) is 7.15. The van der Waals surface area contributed by atoms with E-state index in [4.69, 9.17) is 21.7 Å². The van der Waals surface area contributed by atoms with E-state index in [0.29, 0.717) is 17.5 Å². The lowest BCUT2D eigenvalue weighted by atomic mass is 9.98. The first-order valence-electron chi connectivity index (χ1n) is 11.4. The first kappa shape index (κ1) is 22.9. The van der Waals surface area contributed by atoms with E-state index < -0.39 is 10.0 Å². The lowest BCUT2D eigenvalue weighted by molar-refractivity contribution is 0.0608. The Hall–Kier alpha value is -2.85. The van der Waals surface area contributed by atoms with E-state index in [9.17, 15) is 13.2 Å². The minimum atomic E-state index is -3.56. The molecule has 0 unspecified atom stereocenters. The number of nitrogens with zero attached hydrogens (tertiary/aromatic N) is 5. The number of piperidine rings is 1. The molecule has 11 heteroatoms. The van der Waals surface area contributed by atoms with Gasteiger partial charge in [0.1, 0.15) is 5.82 Å². The fourth-order valence-electron chi connectivity index (χ4n) is 4.72. The van der Waals surface area contributed by atoms with Crippen LogP contribution in [-0.4, -0.2) is 59.7 Å². The molecule has 0 bridgehead atoms. The SMILES string of the molecule is CC1CN(c2ccc3nc([C@@H]4CCCCN4C(=O)c4cc(Cl)ccc4NS(C)(=O)=O)cn3n2)C1. The summed E-state index contributed by atoms with van der Waals surface area (Å²) in [7, 11) is -3.56. The van der Waals surface area contributed by atoms with Crippen LogP contribution in [0, 0.1) is 5.92 Å². The van der Waals surface area contributed by atoms with E-state index in [0.717, 1.165) is 55.8 Å². The first-order chi connectivity index (χ1) is 16.2. The van der Waals surface area contributed by atoms with Crippen molar-refractivity contribution in [2.45, 2.75) is 32.2 Å². The number of hydrogen-bond donors (Lipinski definition) is 1. The molecule has 0 saturated carbocycles. The van der Waals surface area contributed by atoms with Gasteiger partial charge in [-0.3, -0.25) is 9.52 Å². The Morgan fingerprint density at radius 2 is 1.97 bits per heavy atom. The number of nitrogens with one attached hydrogen (secondary N) is 1. The highest BCUT2D eigenvalue weighted by Gasteiger charge is 2.32. The number of halogens is 1. The second kappa shape index (κ2) is 8.74. The third kappa shape index (κ3) is 4.56. The number of likely N-dealkylation sites (tertiary alicyclic amines) is 1. The number of sulfonamides is 1. The molecule has 5 rings (SSSR count). The van der Waals surface area contributed by atoms with Gasteiger partial charge < -0.3 is 9.80 Å². The molecule has 2 aliphatic rings. The zero-order valence-corrected chi connectivity index (χ0v) is 20.7. The Balaban J connectivity index is 1.46. The number of imidazole rings is 1. The summed E-state index contributed by atoms with van der Waals surface area (Å²) in [6.07, 6.45) is 5.54. The standard InChI is InChI=1S/C23H27ClN6O3S/c1-15-12-28(13-15)22-9-8-21-25-19(14-30(21)26-22)20-5-3-4-10-29(20)23(31)17-11-16(24)6-7-18(17)27-34(2,32)33/h6-9,11,14-15,20,27H,3-5,10,12-13H2,1-2H3/t20-/m0/s1. The lowest BCUT2D eigenvalue weighted by Gasteiger charge is -2.37. The van der Waals surface area contributed by atoms with Gasteiger partial charge in [0.05, 0.1) is 35.4 Å². The fourth-order valence-corrected chi connectivity index (χ4v) is 5.47. The average molecular weight is 503 g/mol. The number of carbonyl (C=O) groups excluding carboxylic acids is 1. The van der Waals surface area contributed by atoms with Crippen LogP contribution in [0.2, 0.25) is 5.02 Å². The van der Waals surface area contributed by atoms with Crippen molar-refractivity contribution in [2.24, 2.45) is 5.92 Å². The Morgan fingerprint density at radius 1 is 1.18 bits per heavy atom. The van der Waals surface area contributed by atoms with Crippen LogP contribution in [0.25, 0.3) is 5.65 Å².